The van der Waals surface area contributed by atoms with E-state index in [2.05, 4.69) is 21.7 Å². The molecular formula is C16H16N4O. The van der Waals surface area contributed by atoms with E-state index in [-0.39, 0.29) is 6.03 Å². The van der Waals surface area contributed by atoms with Crippen molar-refractivity contribution in [3.8, 4) is 6.07 Å². The van der Waals surface area contributed by atoms with Crippen LogP contribution in [-0.2, 0) is 13.0 Å². The lowest BCUT2D eigenvalue weighted by molar-refractivity contribution is 0.251. The van der Waals surface area contributed by atoms with Crippen molar-refractivity contribution >= 4 is 11.7 Å². The predicted octanol–water partition coefficient (Wildman–Crippen LogP) is 2.78. The molecule has 0 spiro atoms. The fraction of sp³-hybridized carbons (Fsp3) is 0.188. The van der Waals surface area contributed by atoms with E-state index >= 15 is 0 Å². The SMILES string of the molecule is Cc1cccc(CNC(=O)Nc2ccc(CC#N)cc2)n1. The number of hydrogen-bond donors (Lipinski definition) is 2. The summed E-state index contributed by atoms with van der Waals surface area (Å²) in [5.74, 6) is 0. The van der Waals surface area contributed by atoms with Crippen LogP contribution >= 0.6 is 0 Å². The average molecular weight is 280 g/mol. The molecule has 1 heterocycles. The molecule has 1 aromatic heterocycles. The standard InChI is InChI=1S/C16H16N4O/c1-12-3-2-4-15(19-12)11-18-16(21)20-14-7-5-13(6-8-14)9-10-17/h2-8H,9,11H2,1H3,(H2,18,20,21). The van der Waals surface area contributed by atoms with Crippen LogP contribution in [0.4, 0.5) is 10.5 Å². The van der Waals surface area contributed by atoms with Gasteiger partial charge in [-0.2, -0.15) is 5.26 Å². The highest BCUT2D eigenvalue weighted by atomic mass is 16.2. The molecule has 21 heavy (non-hydrogen) atoms. The van der Waals surface area contributed by atoms with Gasteiger partial charge in [0.15, 0.2) is 0 Å². The van der Waals surface area contributed by atoms with Gasteiger partial charge < -0.3 is 10.6 Å². The van der Waals surface area contributed by atoms with Crippen LogP contribution in [0, 0.1) is 18.3 Å². The lowest BCUT2D eigenvalue weighted by Crippen LogP contribution is -2.28. The topological polar surface area (TPSA) is 77.8 Å². The van der Waals surface area contributed by atoms with Gasteiger partial charge in [0, 0.05) is 11.4 Å². The quantitative estimate of drug-likeness (QED) is 0.904. The molecular weight excluding hydrogens is 264 g/mol. The highest BCUT2D eigenvalue weighted by molar-refractivity contribution is 5.89. The van der Waals surface area contributed by atoms with Gasteiger partial charge in [-0.3, -0.25) is 4.98 Å². The molecule has 0 aliphatic rings. The summed E-state index contributed by atoms with van der Waals surface area (Å²) >= 11 is 0. The molecule has 0 atom stereocenters. The molecule has 106 valence electrons. The Hall–Kier alpha value is -2.87. The van der Waals surface area contributed by atoms with Crippen LogP contribution in [0.2, 0.25) is 0 Å². The summed E-state index contributed by atoms with van der Waals surface area (Å²) in [6.45, 7) is 2.28. The number of urea groups is 1. The monoisotopic (exact) mass is 280 g/mol. The van der Waals surface area contributed by atoms with E-state index in [0.29, 0.717) is 18.7 Å². The van der Waals surface area contributed by atoms with Crippen molar-refractivity contribution in [2.75, 3.05) is 5.32 Å². The number of pyridine rings is 1. The number of rotatable bonds is 4. The van der Waals surface area contributed by atoms with Crippen molar-refractivity contribution < 1.29 is 4.79 Å². The Balaban J connectivity index is 1.85. The van der Waals surface area contributed by atoms with E-state index in [9.17, 15) is 4.79 Å². The number of aryl methyl sites for hydroxylation is 1. The van der Waals surface area contributed by atoms with Gasteiger partial charge in [-0.1, -0.05) is 18.2 Å². The Morgan fingerprint density at radius 1 is 1.24 bits per heavy atom. The molecule has 2 rings (SSSR count). The number of benzene rings is 1. The zero-order valence-corrected chi connectivity index (χ0v) is 11.8. The Kier molecular flexibility index (Phi) is 4.89. The molecule has 2 aromatic rings. The molecule has 1 aromatic carbocycles. The van der Waals surface area contributed by atoms with Gasteiger partial charge in [0.2, 0.25) is 0 Å². The van der Waals surface area contributed by atoms with Crippen LogP contribution in [0.15, 0.2) is 42.5 Å². The molecule has 0 saturated heterocycles. The number of nitriles is 1. The minimum Gasteiger partial charge on any atom is -0.332 e. The number of carbonyl (C=O) groups is 1. The van der Waals surface area contributed by atoms with E-state index in [4.69, 9.17) is 5.26 Å². The first-order valence-corrected chi connectivity index (χ1v) is 6.60. The summed E-state index contributed by atoms with van der Waals surface area (Å²) < 4.78 is 0. The van der Waals surface area contributed by atoms with E-state index in [1.165, 1.54) is 0 Å². The normalized spacial score (nSPS) is 9.71. The lowest BCUT2D eigenvalue weighted by atomic mass is 10.1. The second-order valence-electron chi connectivity index (χ2n) is 4.61. The summed E-state index contributed by atoms with van der Waals surface area (Å²) in [5.41, 5.74) is 3.34. The fourth-order valence-corrected chi connectivity index (χ4v) is 1.84. The van der Waals surface area contributed by atoms with Crippen molar-refractivity contribution in [1.82, 2.24) is 10.3 Å². The average Bonchev–Trinajstić information content (AvgIpc) is 2.48. The van der Waals surface area contributed by atoms with E-state index in [0.717, 1.165) is 17.0 Å². The van der Waals surface area contributed by atoms with Gasteiger partial charge in [0.1, 0.15) is 0 Å². The molecule has 0 aliphatic heterocycles. The second kappa shape index (κ2) is 7.06. The largest absolute Gasteiger partial charge is 0.332 e. The van der Waals surface area contributed by atoms with E-state index < -0.39 is 0 Å². The smallest absolute Gasteiger partial charge is 0.319 e. The number of amides is 2. The zero-order valence-electron chi connectivity index (χ0n) is 11.8. The molecule has 0 radical (unpaired) electrons. The van der Waals surface area contributed by atoms with Crippen molar-refractivity contribution in [2.24, 2.45) is 0 Å². The Bertz CT molecular complexity index is 659. The highest BCUT2D eigenvalue weighted by Gasteiger charge is 2.02. The number of nitrogens with one attached hydrogen (secondary N) is 2. The summed E-state index contributed by atoms with van der Waals surface area (Å²) in [4.78, 5) is 16.1. The third-order valence-corrected chi connectivity index (χ3v) is 2.87. The van der Waals surface area contributed by atoms with Crippen molar-refractivity contribution in [1.29, 1.82) is 5.26 Å². The third-order valence-electron chi connectivity index (χ3n) is 2.87. The Morgan fingerprint density at radius 2 is 2.00 bits per heavy atom. The first kappa shape index (κ1) is 14.5. The molecule has 2 amide bonds. The van der Waals surface area contributed by atoms with Crippen LogP contribution in [0.25, 0.3) is 0 Å². The number of anilines is 1. The minimum absolute atomic E-state index is 0.286. The summed E-state index contributed by atoms with van der Waals surface area (Å²) in [5, 5.41) is 14.1. The van der Waals surface area contributed by atoms with Gasteiger partial charge in [-0.05, 0) is 36.8 Å². The van der Waals surface area contributed by atoms with Gasteiger partial charge >= 0.3 is 6.03 Å². The lowest BCUT2D eigenvalue weighted by Gasteiger charge is -2.08. The highest BCUT2D eigenvalue weighted by Crippen LogP contribution is 2.09. The summed E-state index contributed by atoms with van der Waals surface area (Å²) in [7, 11) is 0. The maximum absolute atomic E-state index is 11.8. The molecule has 0 aliphatic carbocycles. The predicted molar refractivity (Wildman–Crippen MR) is 80.6 cm³/mol. The van der Waals surface area contributed by atoms with Gasteiger partial charge in [0.05, 0.1) is 24.7 Å². The van der Waals surface area contributed by atoms with Crippen LogP contribution < -0.4 is 10.6 Å². The van der Waals surface area contributed by atoms with Gasteiger partial charge in [-0.25, -0.2) is 4.79 Å². The summed E-state index contributed by atoms with van der Waals surface area (Å²) in [6.07, 6.45) is 0.367. The van der Waals surface area contributed by atoms with Gasteiger partial charge in [0.25, 0.3) is 0 Å². The maximum atomic E-state index is 11.8. The van der Waals surface area contributed by atoms with E-state index in [1.807, 2.05) is 37.3 Å². The van der Waals surface area contributed by atoms with Crippen LogP contribution in [-0.4, -0.2) is 11.0 Å². The fourth-order valence-electron chi connectivity index (χ4n) is 1.84. The van der Waals surface area contributed by atoms with Gasteiger partial charge in [-0.15, -0.1) is 0 Å². The maximum Gasteiger partial charge on any atom is 0.319 e. The van der Waals surface area contributed by atoms with Crippen LogP contribution in [0.1, 0.15) is 17.0 Å². The number of aromatic nitrogens is 1. The number of carbonyl (C=O) groups excluding carboxylic acids is 1. The first-order chi connectivity index (χ1) is 10.2. The molecule has 2 N–H and O–H groups in total. The molecule has 0 fully saturated rings. The third kappa shape index (κ3) is 4.62. The molecule has 5 nitrogen and oxygen atoms in total. The van der Waals surface area contributed by atoms with Crippen molar-refractivity contribution in [3.63, 3.8) is 0 Å². The number of nitrogens with zero attached hydrogens (tertiary/aromatic N) is 2. The molecule has 0 bridgehead atoms. The van der Waals surface area contributed by atoms with Crippen LogP contribution in [0.3, 0.4) is 0 Å². The number of hydrogen-bond acceptors (Lipinski definition) is 3. The Labute approximate surface area is 123 Å². The van der Waals surface area contributed by atoms with Crippen molar-refractivity contribution in [2.45, 2.75) is 19.9 Å². The Morgan fingerprint density at radius 3 is 2.67 bits per heavy atom. The molecule has 0 unspecified atom stereocenters. The zero-order chi connectivity index (χ0) is 15.1. The van der Waals surface area contributed by atoms with E-state index in [1.54, 1.807) is 12.1 Å². The summed E-state index contributed by atoms with van der Waals surface area (Å²) in [6, 6.07) is 14.7. The molecule has 0 saturated carbocycles. The molecule has 5 heteroatoms. The van der Waals surface area contributed by atoms with Crippen LogP contribution in [0.5, 0.6) is 0 Å². The second-order valence-corrected chi connectivity index (χ2v) is 4.61. The first-order valence-electron chi connectivity index (χ1n) is 6.60. The van der Waals surface area contributed by atoms with Crippen molar-refractivity contribution in [3.05, 3.63) is 59.4 Å². The minimum atomic E-state index is -0.286.